The number of aryl methyl sites for hydroxylation is 2. The molecular formula is C18H22N2. The lowest BCUT2D eigenvalue weighted by atomic mass is 9.97. The summed E-state index contributed by atoms with van der Waals surface area (Å²) in [5.74, 6) is 0. The van der Waals surface area contributed by atoms with Gasteiger partial charge in [0.1, 0.15) is 0 Å². The smallest absolute Gasteiger partial charge is 0.0270 e. The van der Waals surface area contributed by atoms with E-state index < -0.39 is 0 Å². The molecular weight excluding hydrogens is 244 g/mol. The number of hydrogen-bond acceptors (Lipinski definition) is 2. The van der Waals surface area contributed by atoms with Gasteiger partial charge < -0.3 is 5.32 Å². The van der Waals surface area contributed by atoms with Crippen molar-refractivity contribution in [3.63, 3.8) is 0 Å². The molecule has 0 saturated heterocycles. The molecule has 1 heterocycles. The molecule has 0 spiro atoms. The predicted octanol–water partition coefficient (Wildman–Crippen LogP) is 2.94. The topological polar surface area (TPSA) is 24.9 Å². The van der Waals surface area contributed by atoms with Gasteiger partial charge in [-0.3, -0.25) is 4.98 Å². The van der Waals surface area contributed by atoms with Crippen LogP contribution in [0.5, 0.6) is 0 Å². The van der Waals surface area contributed by atoms with E-state index in [4.69, 9.17) is 0 Å². The van der Waals surface area contributed by atoms with Gasteiger partial charge in [0.25, 0.3) is 0 Å². The minimum Gasteiger partial charge on any atom is -0.316 e. The van der Waals surface area contributed by atoms with Crippen LogP contribution in [0, 0.1) is 0 Å². The van der Waals surface area contributed by atoms with Crippen LogP contribution in [0.4, 0.5) is 0 Å². The zero-order chi connectivity index (χ0) is 13.8. The van der Waals surface area contributed by atoms with Gasteiger partial charge in [0, 0.05) is 18.4 Å². The second-order valence-electron chi connectivity index (χ2n) is 5.71. The van der Waals surface area contributed by atoms with Crippen molar-refractivity contribution in [2.45, 2.75) is 38.1 Å². The standard InChI is InChI=1S/C18H22N2/c1-19-18(12-14-7-9-20-10-8-14)13-15-5-6-16-3-2-4-17(16)11-15/h5-11,18-19H,2-4,12-13H2,1H3. The Balaban J connectivity index is 1.68. The summed E-state index contributed by atoms with van der Waals surface area (Å²) in [7, 11) is 2.05. The Hall–Kier alpha value is -1.67. The first-order chi connectivity index (χ1) is 9.85. The number of hydrogen-bond donors (Lipinski definition) is 1. The second kappa shape index (κ2) is 6.19. The Kier molecular flexibility index (Phi) is 4.12. The van der Waals surface area contributed by atoms with E-state index >= 15 is 0 Å². The maximum atomic E-state index is 4.08. The van der Waals surface area contributed by atoms with Crippen LogP contribution in [0.1, 0.15) is 28.7 Å². The summed E-state index contributed by atoms with van der Waals surface area (Å²) in [6.07, 6.45) is 9.74. The van der Waals surface area contributed by atoms with Crippen molar-refractivity contribution in [3.8, 4) is 0 Å². The number of benzene rings is 1. The van der Waals surface area contributed by atoms with E-state index in [1.807, 2.05) is 12.4 Å². The highest BCUT2D eigenvalue weighted by atomic mass is 14.9. The molecule has 0 saturated carbocycles. The van der Waals surface area contributed by atoms with Gasteiger partial charge in [-0.05, 0) is 73.5 Å². The normalized spacial score (nSPS) is 15.1. The third-order valence-electron chi connectivity index (χ3n) is 4.28. The van der Waals surface area contributed by atoms with E-state index in [2.05, 4.69) is 47.7 Å². The zero-order valence-electron chi connectivity index (χ0n) is 12.1. The molecule has 0 aliphatic heterocycles. The van der Waals surface area contributed by atoms with Gasteiger partial charge in [-0.15, -0.1) is 0 Å². The van der Waals surface area contributed by atoms with Crippen LogP contribution in [0.25, 0.3) is 0 Å². The van der Waals surface area contributed by atoms with Crippen LogP contribution in [-0.2, 0) is 25.7 Å². The Morgan fingerprint density at radius 1 is 1.00 bits per heavy atom. The number of nitrogens with one attached hydrogen (secondary N) is 1. The second-order valence-corrected chi connectivity index (χ2v) is 5.71. The van der Waals surface area contributed by atoms with Crippen molar-refractivity contribution in [1.82, 2.24) is 10.3 Å². The summed E-state index contributed by atoms with van der Waals surface area (Å²) in [5, 5.41) is 3.45. The van der Waals surface area contributed by atoms with Gasteiger partial charge in [-0.25, -0.2) is 0 Å². The van der Waals surface area contributed by atoms with E-state index in [1.165, 1.54) is 30.4 Å². The van der Waals surface area contributed by atoms with Gasteiger partial charge in [0.05, 0.1) is 0 Å². The first kappa shape index (κ1) is 13.3. The van der Waals surface area contributed by atoms with E-state index in [1.54, 1.807) is 11.1 Å². The maximum absolute atomic E-state index is 4.08. The molecule has 104 valence electrons. The van der Waals surface area contributed by atoms with Crippen LogP contribution >= 0.6 is 0 Å². The minimum atomic E-state index is 0.483. The lowest BCUT2D eigenvalue weighted by molar-refractivity contribution is 0.556. The van der Waals surface area contributed by atoms with E-state index in [0.29, 0.717) is 6.04 Å². The highest BCUT2D eigenvalue weighted by Crippen LogP contribution is 2.23. The van der Waals surface area contributed by atoms with Gasteiger partial charge in [-0.1, -0.05) is 18.2 Å². The molecule has 1 unspecified atom stereocenters. The summed E-state index contributed by atoms with van der Waals surface area (Å²) in [6.45, 7) is 0. The molecule has 3 rings (SSSR count). The van der Waals surface area contributed by atoms with E-state index in [0.717, 1.165) is 12.8 Å². The summed E-state index contributed by atoms with van der Waals surface area (Å²) in [4.78, 5) is 4.08. The molecule has 1 N–H and O–H groups in total. The molecule has 0 fully saturated rings. The maximum Gasteiger partial charge on any atom is 0.0270 e. The van der Waals surface area contributed by atoms with Crippen molar-refractivity contribution >= 4 is 0 Å². The first-order valence-corrected chi connectivity index (χ1v) is 7.52. The van der Waals surface area contributed by atoms with E-state index in [9.17, 15) is 0 Å². The number of likely N-dealkylation sites (N-methyl/N-ethyl adjacent to an activating group) is 1. The number of rotatable bonds is 5. The molecule has 20 heavy (non-hydrogen) atoms. The average Bonchev–Trinajstić information content (AvgIpc) is 2.95. The number of pyridine rings is 1. The first-order valence-electron chi connectivity index (χ1n) is 7.52. The van der Waals surface area contributed by atoms with Gasteiger partial charge in [0.15, 0.2) is 0 Å². The molecule has 0 amide bonds. The minimum absolute atomic E-state index is 0.483. The SMILES string of the molecule is CNC(Cc1ccncc1)Cc1ccc2c(c1)CCC2. The molecule has 2 nitrogen and oxygen atoms in total. The molecule has 0 bridgehead atoms. The van der Waals surface area contributed by atoms with Crippen molar-refractivity contribution in [2.24, 2.45) is 0 Å². The highest BCUT2D eigenvalue weighted by molar-refractivity contribution is 5.35. The Morgan fingerprint density at radius 3 is 2.55 bits per heavy atom. The third-order valence-corrected chi connectivity index (χ3v) is 4.28. The molecule has 1 aromatic carbocycles. The molecule has 2 aromatic rings. The number of fused-ring (bicyclic) bond motifs is 1. The highest BCUT2D eigenvalue weighted by Gasteiger charge is 2.13. The van der Waals surface area contributed by atoms with Crippen molar-refractivity contribution in [3.05, 3.63) is 65.0 Å². The quantitative estimate of drug-likeness (QED) is 0.900. The van der Waals surface area contributed by atoms with E-state index in [-0.39, 0.29) is 0 Å². The molecule has 1 aliphatic rings. The largest absolute Gasteiger partial charge is 0.316 e. The third kappa shape index (κ3) is 3.07. The molecule has 1 aromatic heterocycles. The summed E-state index contributed by atoms with van der Waals surface area (Å²) in [5.41, 5.74) is 5.93. The van der Waals surface area contributed by atoms with Crippen molar-refractivity contribution in [1.29, 1.82) is 0 Å². The zero-order valence-corrected chi connectivity index (χ0v) is 12.1. The lowest BCUT2D eigenvalue weighted by Gasteiger charge is -2.17. The molecule has 2 heteroatoms. The number of aromatic nitrogens is 1. The molecule has 1 aliphatic carbocycles. The van der Waals surface area contributed by atoms with Crippen LogP contribution in [0.2, 0.25) is 0 Å². The predicted molar refractivity (Wildman–Crippen MR) is 83.0 cm³/mol. The summed E-state index contributed by atoms with van der Waals surface area (Å²) in [6, 6.07) is 11.7. The van der Waals surface area contributed by atoms with Gasteiger partial charge in [-0.2, -0.15) is 0 Å². The Morgan fingerprint density at radius 2 is 1.75 bits per heavy atom. The summed E-state index contributed by atoms with van der Waals surface area (Å²) >= 11 is 0. The van der Waals surface area contributed by atoms with Crippen molar-refractivity contribution < 1.29 is 0 Å². The van der Waals surface area contributed by atoms with Crippen LogP contribution in [-0.4, -0.2) is 18.1 Å². The Bertz CT molecular complexity index is 563. The fourth-order valence-corrected chi connectivity index (χ4v) is 3.12. The monoisotopic (exact) mass is 266 g/mol. The van der Waals surface area contributed by atoms with Crippen LogP contribution < -0.4 is 5.32 Å². The average molecular weight is 266 g/mol. The Labute approximate surface area is 121 Å². The number of nitrogens with zero attached hydrogens (tertiary/aromatic N) is 1. The van der Waals surface area contributed by atoms with Crippen LogP contribution in [0.15, 0.2) is 42.7 Å². The van der Waals surface area contributed by atoms with Crippen molar-refractivity contribution in [2.75, 3.05) is 7.05 Å². The molecule has 0 radical (unpaired) electrons. The fourth-order valence-electron chi connectivity index (χ4n) is 3.12. The van der Waals surface area contributed by atoms with Gasteiger partial charge >= 0.3 is 0 Å². The molecule has 1 atom stereocenters. The summed E-state index contributed by atoms with van der Waals surface area (Å²) < 4.78 is 0. The van der Waals surface area contributed by atoms with Gasteiger partial charge in [0.2, 0.25) is 0 Å². The fraction of sp³-hybridized carbons (Fsp3) is 0.389. The lowest BCUT2D eigenvalue weighted by Crippen LogP contribution is -2.29. The van der Waals surface area contributed by atoms with Crippen LogP contribution in [0.3, 0.4) is 0 Å².